The maximum absolute atomic E-state index is 12.0. The monoisotopic (exact) mass is 356 g/mol. The van der Waals surface area contributed by atoms with Crippen molar-refractivity contribution >= 4 is 33.5 Å². The molecule has 0 heterocycles. The van der Waals surface area contributed by atoms with Crippen LogP contribution in [0.25, 0.3) is 0 Å². The molecular weight excluding hydrogens is 336 g/mol. The van der Waals surface area contributed by atoms with Crippen LogP contribution in [0.5, 0.6) is 0 Å². The van der Waals surface area contributed by atoms with Crippen LogP contribution in [-0.2, 0) is 9.53 Å². The zero-order valence-corrected chi connectivity index (χ0v) is 14.1. The summed E-state index contributed by atoms with van der Waals surface area (Å²) in [6.45, 7) is 5.44. The summed E-state index contributed by atoms with van der Waals surface area (Å²) in [6, 6.07) is 3.46. The molecular formula is C15H21BrN2O3. The lowest BCUT2D eigenvalue weighted by Gasteiger charge is -2.15. The fourth-order valence-corrected chi connectivity index (χ4v) is 2.36. The zero-order valence-electron chi connectivity index (χ0n) is 12.5. The number of hydrogen-bond acceptors (Lipinski definition) is 4. The van der Waals surface area contributed by atoms with Gasteiger partial charge in [-0.1, -0.05) is 29.8 Å². The van der Waals surface area contributed by atoms with Gasteiger partial charge < -0.3 is 15.8 Å². The molecule has 0 aromatic heterocycles. The minimum absolute atomic E-state index is 0.111. The summed E-state index contributed by atoms with van der Waals surface area (Å²) in [5.41, 5.74) is 7.30. The topological polar surface area (TPSA) is 81.4 Å². The van der Waals surface area contributed by atoms with E-state index in [0.717, 1.165) is 12.8 Å². The molecule has 0 saturated heterocycles. The van der Waals surface area contributed by atoms with Crippen molar-refractivity contribution in [2.24, 2.45) is 0 Å². The number of rotatable bonds is 6. The summed E-state index contributed by atoms with van der Waals surface area (Å²) in [4.78, 5) is 23.7. The number of benzene rings is 1. The van der Waals surface area contributed by atoms with Crippen LogP contribution in [0.3, 0.4) is 0 Å². The van der Waals surface area contributed by atoms with Gasteiger partial charge in [0.15, 0.2) is 6.61 Å². The minimum Gasteiger partial charge on any atom is -0.452 e. The highest BCUT2D eigenvalue weighted by molar-refractivity contribution is 9.10. The summed E-state index contributed by atoms with van der Waals surface area (Å²) in [5, 5.41) is 2.81. The Morgan fingerprint density at radius 1 is 1.33 bits per heavy atom. The van der Waals surface area contributed by atoms with Crippen LogP contribution in [0.15, 0.2) is 16.6 Å². The Bertz CT molecular complexity index is 528. The second kappa shape index (κ2) is 8.02. The van der Waals surface area contributed by atoms with Crippen LogP contribution in [0.2, 0.25) is 0 Å². The van der Waals surface area contributed by atoms with E-state index in [4.69, 9.17) is 10.5 Å². The lowest BCUT2D eigenvalue weighted by molar-refractivity contribution is -0.125. The highest BCUT2D eigenvalue weighted by Gasteiger charge is 2.16. The zero-order chi connectivity index (χ0) is 16.0. The van der Waals surface area contributed by atoms with Crippen molar-refractivity contribution in [2.75, 3.05) is 12.3 Å². The van der Waals surface area contributed by atoms with E-state index >= 15 is 0 Å². The molecule has 3 N–H and O–H groups in total. The molecule has 0 aliphatic rings. The molecule has 0 bridgehead atoms. The Morgan fingerprint density at radius 3 is 2.52 bits per heavy atom. The first-order valence-corrected chi connectivity index (χ1v) is 7.70. The molecule has 0 aliphatic carbocycles. The van der Waals surface area contributed by atoms with Crippen molar-refractivity contribution in [1.29, 1.82) is 0 Å². The highest BCUT2D eigenvalue weighted by Crippen LogP contribution is 2.23. The Morgan fingerprint density at radius 2 is 1.95 bits per heavy atom. The number of esters is 1. The Labute approximate surface area is 133 Å². The van der Waals surface area contributed by atoms with Gasteiger partial charge in [-0.15, -0.1) is 0 Å². The van der Waals surface area contributed by atoms with Gasteiger partial charge in [-0.2, -0.15) is 0 Å². The van der Waals surface area contributed by atoms with Crippen LogP contribution < -0.4 is 11.1 Å². The van der Waals surface area contributed by atoms with Crippen LogP contribution in [-0.4, -0.2) is 24.5 Å². The standard InChI is InChI=1S/C15H21BrN2O3/c1-4-11(5-2)18-14(19)8-21-15(20)12-6-10(16)7-13(17)9(12)3/h6-7,11H,4-5,8,17H2,1-3H3,(H,18,19). The molecule has 0 aliphatic heterocycles. The third-order valence-electron chi connectivity index (χ3n) is 3.32. The lowest BCUT2D eigenvalue weighted by Crippen LogP contribution is -2.36. The highest BCUT2D eigenvalue weighted by atomic mass is 79.9. The fraction of sp³-hybridized carbons (Fsp3) is 0.467. The summed E-state index contributed by atoms with van der Waals surface area (Å²) < 4.78 is 5.74. The van der Waals surface area contributed by atoms with Gasteiger partial charge in [0.25, 0.3) is 5.91 Å². The van der Waals surface area contributed by atoms with Gasteiger partial charge >= 0.3 is 5.97 Å². The largest absolute Gasteiger partial charge is 0.452 e. The summed E-state index contributed by atoms with van der Waals surface area (Å²) in [7, 11) is 0. The maximum atomic E-state index is 12.0. The molecule has 1 rings (SSSR count). The summed E-state index contributed by atoms with van der Waals surface area (Å²) >= 11 is 3.28. The predicted molar refractivity (Wildman–Crippen MR) is 86.1 cm³/mol. The van der Waals surface area contributed by atoms with Gasteiger partial charge in [-0.25, -0.2) is 4.79 Å². The molecule has 0 saturated carbocycles. The number of carbonyl (C=O) groups excluding carboxylic acids is 2. The molecule has 1 aromatic rings. The van der Waals surface area contributed by atoms with Crippen LogP contribution in [0, 0.1) is 6.92 Å². The van der Waals surface area contributed by atoms with Crippen molar-refractivity contribution in [3.05, 3.63) is 27.7 Å². The first-order valence-electron chi connectivity index (χ1n) is 6.91. The number of ether oxygens (including phenoxy) is 1. The van der Waals surface area contributed by atoms with Gasteiger partial charge in [0.05, 0.1) is 5.56 Å². The number of carbonyl (C=O) groups is 2. The van der Waals surface area contributed by atoms with Crippen molar-refractivity contribution in [3.63, 3.8) is 0 Å². The van der Waals surface area contributed by atoms with E-state index in [2.05, 4.69) is 21.2 Å². The van der Waals surface area contributed by atoms with Crippen molar-refractivity contribution in [2.45, 2.75) is 39.7 Å². The molecule has 1 amide bonds. The number of nitrogens with one attached hydrogen (secondary N) is 1. The predicted octanol–water partition coefficient (Wildman–Crippen LogP) is 2.80. The first kappa shape index (κ1) is 17.5. The van der Waals surface area contributed by atoms with E-state index in [1.807, 2.05) is 13.8 Å². The third kappa shape index (κ3) is 5.04. The summed E-state index contributed by atoms with van der Waals surface area (Å²) in [6.07, 6.45) is 1.69. The molecule has 0 fully saturated rings. The van der Waals surface area contributed by atoms with E-state index in [0.29, 0.717) is 21.3 Å². The van der Waals surface area contributed by atoms with Crippen LogP contribution >= 0.6 is 15.9 Å². The number of nitrogens with two attached hydrogens (primary N) is 1. The summed E-state index contributed by atoms with van der Waals surface area (Å²) in [5.74, 6) is -0.849. The lowest BCUT2D eigenvalue weighted by atomic mass is 10.1. The van der Waals surface area contributed by atoms with Gasteiger partial charge in [-0.3, -0.25) is 4.79 Å². The van der Waals surface area contributed by atoms with Crippen molar-refractivity contribution in [1.82, 2.24) is 5.32 Å². The third-order valence-corrected chi connectivity index (χ3v) is 3.78. The Balaban J connectivity index is 2.64. The van der Waals surface area contributed by atoms with Gasteiger partial charge in [0.2, 0.25) is 0 Å². The number of nitrogen functional groups attached to an aromatic ring is 1. The SMILES string of the molecule is CCC(CC)NC(=O)COC(=O)c1cc(Br)cc(N)c1C. The maximum Gasteiger partial charge on any atom is 0.339 e. The first-order chi connectivity index (χ1) is 9.88. The molecule has 21 heavy (non-hydrogen) atoms. The number of halogens is 1. The molecule has 1 aromatic carbocycles. The molecule has 5 nitrogen and oxygen atoms in total. The smallest absolute Gasteiger partial charge is 0.339 e. The molecule has 0 unspecified atom stereocenters. The van der Waals surface area contributed by atoms with E-state index in [1.54, 1.807) is 19.1 Å². The van der Waals surface area contributed by atoms with Crippen LogP contribution in [0.4, 0.5) is 5.69 Å². The second-order valence-electron chi connectivity index (χ2n) is 4.82. The molecule has 116 valence electrons. The molecule has 6 heteroatoms. The van der Waals surface area contributed by atoms with Crippen molar-refractivity contribution < 1.29 is 14.3 Å². The quantitative estimate of drug-likeness (QED) is 0.606. The number of amides is 1. The number of anilines is 1. The van der Waals surface area contributed by atoms with E-state index in [1.165, 1.54) is 0 Å². The van der Waals surface area contributed by atoms with Gasteiger partial charge in [0, 0.05) is 16.2 Å². The van der Waals surface area contributed by atoms with Crippen molar-refractivity contribution in [3.8, 4) is 0 Å². The molecule has 0 spiro atoms. The second-order valence-corrected chi connectivity index (χ2v) is 5.74. The van der Waals surface area contributed by atoms with E-state index < -0.39 is 5.97 Å². The fourth-order valence-electron chi connectivity index (χ4n) is 1.88. The Kier molecular flexibility index (Phi) is 6.68. The van der Waals surface area contributed by atoms with Crippen LogP contribution in [0.1, 0.15) is 42.6 Å². The molecule has 0 atom stereocenters. The molecule has 0 radical (unpaired) electrons. The average molecular weight is 357 g/mol. The minimum atomic E-state index is -0.555. The van der Waals surface area contributed by atoms with Gasteiger partial charge in [0.1, 0.15) is 0 Å². The average Bonchev–Trinajstić information content (AvgIpc) is 2.45. The van der Waals surface area contributed by atoms with E-state index in [9.17, 15) is 9.59 Å². The van der Waals surface area contributed by atoms with E-state index in [-0.39, 0.29) is 18.6 Å². The normalized spacial score (nSPS) is 10.5. The van der Waals surface area contributed by atoms with Gasteiger partial charge in [-0.05, 0) is 37.5 Å². The number of hydrogen-bond donors (Lipinski definition) is 2. The Hall–Kier alpha value is -1.56.